The van der Waals surface area contributed by atoms with Crippen LogP contribution in [0.2, 0.25) is 0 Å². The number of nitrogens with two attached hydrogens (primary N) is 1. The van der Waals surface area contributed by atoms with Crippen LogP contribution in [0.15, 0.2) is 4.90 Å². The second-order valence-corrected chi connectivity index (χ2v) is 5.96. The van der Waals surface area contributed by atoms with E-state index in [0.717, 1.165) is 0 Å². The number of aromatic nitrogens is 2. The normalized spacial score (nSPS) is 25.4. The lowest BCUT2D eigenvalue weighted by Gasteiger charge is -2.32. The van der Waals surface area contributed by atoms with E-state index in [1.807, 2.05) is 0 Å². The highest BCUT2D eigenvalue weighted by atomic mass is 32.2. The molecule has 0 spiro atoms. The Balaban J connectivity index is 2.19. The van der Waals surface area contributed by atoms with Gasteiger partial charge in [0.15, 0.2) is 0 Å². The van der Waals surface area contributed by atoms with Crippen molar-refractivity contribution in [2.24, 2.45) is 5.73 Å². The first kappa shape index (κ1) is 11.6. The third-order valence-corrected chi connectivity index (χ3v) is 4.61. The second-order valence-electron chi connectivity index (χ2n) is 4.31. The Labute approximate surface area is 94.7 Å². The largest absolute Gasteiger partial charge is 0.328 e. The fraction of sp³-hybridized carbons (Fsp3) is 0.667. The first-order valence-electron chi connectivity index (χ1n) is 5.19. The smallest absolute Gasteiger partial charge is 0.244 e. The molecular weight excluding hydrogens is 228 g/mol. The molecule has 0 bridgehead atoms. The average molecular weight is 244 g/mol. The van der Waals surface area contributed by atoms with Gasteiger partial charge in [-0.3, -0.25) is 5.10 Å². The number of hydrogen-bond acceptors (Lipinski definition) is 4. The van der Waals surface area contributed by atoms with Crippen LogP contribution in [-0.4, -0.2) is 30.7 Å². The summed E-state index contributed by atoms with van der Waals surface area (Å²) in [4.78, 5) is 0.257. The van der Waals surface area contributed by atoms with Gasteiger partial charge < -0.3 is 5.73 Å². The van der Waals surface area contributed by atoms with Crippen LogP contribution < -0.4 is 10.5 Å². The number of nitrogens with one attached hydrogen (secondary N) is 2. The van der Waals surface area contributed by atoms with Gasteiger partial charge in [0, 0.05) is 12.1 Å². The van der Waals surface area contributed by atoms with Crippen molar-refractivity contribution in [3.8, 4) is 0 Å². The van der Waals surface area contributed by atoms with Gasteiger partial charge in [-0.2, -0.15) is 5.10 Å². The molecule has 1 aromatic rings. The molecule has 0 atom stereocenters. The Kier molecular flexibility index (Phi) is 2.77. The summed E-state index contributed by atoms with van der Waals surface area (Å²) < 4.78 is 26.7. The Morgan fingerprint density at radius 3 is 2.50 bits per heavy atom. The van der Waals surface area contributed by atoms with Gasteiger partial charge in [-0.05, 0) is 26.7 Å². The van der Waals surface area contributed by atoms with Gasteiger partial charge in [0.2, 0.25) is 10.0 Å². The maximum absolute atomic E-state index is 12.0. The highest BCUT2D eigenvalue weighted by molar-refractivity contribution is 7.89. The predicted octanol–water partition coefficient (Wildman–Crippen LogP) is -0.205. The van der Waals surface area contributed by atoms with Crippen molar-refractivity contribution in [2.75, 3.05) is 0 Å². The summed E-state index contributed by atoms with van der Waals surface area (Å²) in [6, 6.07) is 0.0907. The first-order chi connectivity index (χ1) is 7.40. The van der Waals surface area contributed by atoms with Crippen LogP contribution in [0.4, 0.5) is 0 Å². The molecule has 0 saturated heterocycles. The van der Waals surface area contributed by atoms with Crippen molar-refractivity contribution in [1.82, 2.24) is 14.9 Å². The van der Waals surface area contributed by atoms with E-state index >= 15 is 0 Å². The molecular formula is C9H16N4O2S. The number of aromatic amines is 1. The highest BCUT2D eigenvalue weighted by Crippen LogP contribution is 2.22. The molecule has 0 aliphatic heterocycles. The van der Waals surface area contributed by atoms with Gasteiger partial charge in [-0.1, -0.05) is 0 Å². The van der Waals surface area contributed by atoms with Crippen molar-refractivity contribution < 1.29 is 8.42 Å². The van der Waals surface area contributed by atoms with Gasteiger partial charge in [0.05, 0.1) is 11.4 Å². The molecule has 0 unspecified atom stereocenters. The molecule has 1 aliphatic carbocycles. The zero-order valence-electron chi connectivity index (χ0n) is 9.32. The molecule has 16 heavy (non-hydrogen) atoms. The lowest BCUT2D eigenvalue weighted by molar-refractivity contribution is 0.327. The molecule has 90 valence electrons. The van der Waals surface area contributed by atoms with Gasteiger partial charge >= 0.3 is 0 Å². The zero-order valence-corrected chi connectivity index (χ0v) is 10.1. The summed E-state index contributed by atoms with van der Waals surface area (Å²) >= 11 is 0. The summed E-state index contributed by atoms with van der Waals surface area (Å²) in [5.74, 6) is 0. The molecule has 1 aliphatic rings. The number of aryl methyl sites for hydroxylation is 2. The fourth-order valence-electron chi connectivity index (χ4n) is 1.97. The predicted molar refractivity (Wildman–Crippen MR) is 59.4 cm³/mol. The minimum absolute atomic E-state index is 0.0336. The molecule has 1 heterocycles. The van der Waals surface area contributed by atoms with Gasteiger partial charge in [-0.15, -0.1) is 0 Å². The molecule has 0 aromatic carbocycles. The van der Waals surface area contributed by atoms with E-state index in [0.29, 0.717) is 24.2 Å². The summed E-state index contributed by atoms with van der Waals surface area (Å²) in [5.41, 5.74) is 6.67. The maximum Gasteiger partial charge on any atom is 0.244 e. The second kappa shape index (κ2) is 3.83. The summed E-state index contributed by atoms with van der Waals surface area (Å²) in [7, 11) is -3.46. The van der Waals surface area contributed by atoms with E-state index in [4.69, 9.17) is 5.73 Å². The van der Waals surface area contributed by atoms with Crippen LogP contribution >= 0.6 is 0 Å². The molecule has 1 aromatic heterocycles. The standard InChI is InChI=1S/C9H16N4O2S/c1-5-9(6(2)12-11-5)16(14,15)13-8-3-7(10)4-8/h7-8,13H,3-4,10H2,1-2H3,(H,11,12). The summed E-state index contributed by atoms with van der Waals surface area (Å²) in [6.45, 7) is 3.37. The Morgan fingerprint density at radius 1 is 1.44 bits per heavy atom. The van der Waals surface area contributed by atoms with E-state index < -0.39 is 10.0 Å². The molecule has 1 fully saturated rings. The number of nitrogens with zero attached hydrogens (tertiary/aromatic N) is 1. The van der Waals surface area contributed by atoms with Crippen LogP contribution in [0.3, 0.4) is 0 Å². The van der Waals surface area contributed by atoms with Crippen molar-refractivity contribution >= 4 is 10.0 Å². The lowest BCUT2D eigenvalue weighted by Crippen LogP contribution is -2.50. The van der Waals surface area contributed by atoms with Crippen molar-refractivity contribution in [3.05, 3.63) is 11.4 Å². The molecule has 0 amide bonds. The zero-order chi connectivity index (χ0) is 11.9. The van der Waals surface area contributed by atoms with Crippen LogP contribution in [0, 0.1) is 13.8 Å². The molecule has 0 radical (unpaired) electrons. The molecule has 6 nitrogen and oxygen atoms in total. The topological polar surface area (TPSA) is 101 Å². The van der Waals surface area contributed by atoms with Crippen molar-refractivity contribution in [2.45, 2.75) is 43.7 Å². The Hall–Kier alpha value is -0.920. The fourth-order valence-corrected chi connectivity index (χ4v) is 3.61. The minimum Gasteiger partial charge on any atom is -0.328 e. The molecule has 2 rings (SSSR count). The number of sulfonamides is 1. The average Bonchev–Trinajstić information content (AvgIpc) is 2.43. The summed E-state index contributed by atoms with van der Waals surface area (Å²) in [5, 5.41) is 6.55. The first-order valence-corrected chi connectivity index (χ1v) is 6.68. The highest BCUT2D eigenvalue weighted by Gasteiger charge is 2.32. The SMILES string of the molecule is Cc1n[nH]c(C)c1S(=O)(=O)NC1CC(N)C1. The Bertz CT molecular complexity index is 468. The minimum atomic E-state index is -3.46. The van der Waals surface area contributed by atoms with Gasteiger partial charge in [-0.25, -0.2) is 13.1 Å². The molecule has 4 N–H and O–H groups in total. The third kappa shape index (κ3) is 1.98. The van der Waals surface area contributed by atoms with Crippen LogP contribution in [0.1, 0.15) is 24.2 Å². The summed E-state index contributed by atoms with van der Waals surface area (Å²) in [6.07, 6.45) is 1.41. The monoisotopic (exact) mass is 244 g/mol. The van der Waals surface area contributed by atoms with Crippen LogP contribution in [-0.2, 0) is 10.0 Å². The van der Waals surface area contributed by atoms with E-state index in [1.165, 1.54) is 0 Å². The van der Waals surface area contributed by atoms with E-state index in [-0.39, 0.29) is 17.0 Å². The van der Waals surface area contributed by atoms with Gasteiger partial charge in [0.25, 0.3) is 0 Å². The Morgan fingerprint density at radius 2 is 2.06 bits per heavy atom. The van der Waals surface area contributed by atoms with E-state index in [2.05, 4.69) is 14.9 Å². The maximum atomic E-state index is 12.0. The third-order valence-electron chi connectivity index (χ3n) is 2.83. The molecule has 7 heteroatoms. The quantitative estimate of drug-likeness (QED) is 0.685. The van der Waals surface area contributed by atoms with E-state index in [1.54, 1.807) is 13.8 Å². The van der Waals surface area contributed by atoms with E-state index in [9.17, 15) is 8.42 Å². The number of hydrogen-bond donors (Lipinski definition) is 3. The van der Waals surface area contributed by atoms with Gasteiger partial charge in [0.1, 0.15) is 4.90 Å². The van der Waals surface area contributed by atoms with Crippen molar-refractivity contribution in [1.29, 1.82) is 0 Å². The molecule has 1 saturated carbocycles. The lowest BCUT2D eigenvalue weighted by atomic mass is 9.89. The van der Waals surface area contributed by atoms with Crippen LogP contribution in [0.5, 0.6) is 0 Å². The van der Waals surface area contributed by atoms with Crippen LogP contribution in [0.25, 0.3) is 0 Å². The van der Waals surface area contributed by atoms with Crippen molar-refractivity contribution in [3.63, 3.8) is 0 Å². The number of H-pyrrole nitrogens is 1. The number of rotatable bonds is 3.